The molecule has 0 aromatic heterocycles. The van der Waals surface area contributed by atoms with Gasteiger partial charge in [-0.2, -0.15) is 0 Å². The number of carbonyl (C=O) groups is 1. The van der Waals surface area contributed by atoms with Crippen molar-refractivity contribution in [2.45, 2.75) is 45.3 Å². The van der Waals surface area contributed by atoms with Gasteiger partial charge in [0.2, 0.25) is 5.91 Å². The van der Waals surface area contributed by atoms with Gasteiger partial charge < -0.3 is 20.5 Å². The molecule has 1 aliphatic carbocycles. The number of nitrogens with one attached hydrogen (secondary N) is 1. The van der Waals surface area contributed by atoms with Crippen LogP contribution >= 0.6 is 12.4 Å². The van der Waals surface area contributed by atoms with E-state index in [1.54, 1.807) is 0 Å². The number of fused-ring (bicyclic) bond motifs is 1. The molecule has 3 fully saturated rings. The van der Waals surface area contributed by atoms with E-state index < -0.39 is 5.41 Å². The number of rotatable bonds is 3. The maximum absolute atomic E-state index is 12.7. The summed E-state index contributed by atoms with van der Waals surface area (Å²) in [5.41, 5.74) is 5.50. The van der Waals surface area contributed by atoms with Crippen LogP contribution in [-0.4, -0.2) is 44.4 Å². The van der Waals surface area contributed by atoms with Gasteiger partial charge in [0.05, 0.1) is 11.5 Å². The molecule has 3 atom stereocenters. The van der Waals surface area contributed by atoms with Crippen molar-refractivity contribution in [3.63, 3.8) is 0 Å². The summed E-state index contributed by atoms with van der Waals surface area (Å²) in [5, 5.41) is 3.29. The molecule has 1 saturated carbocycles. The van der Waals surface area contributed by atoms with Gasteiger partial charge in [-0.05, 0) is 19.3 Å². The summed E-state index contributed by atoms with van der Waals surface area (Å²) < 4.78 is 11.2. The van der Waals surface area contributed by atoms with Crippen molar-refractivity contribution < 1.29 is 14.3 Å². The predicted molar refractivity (Wildman–Crippen MR) is 82.3 cm³/mol. The highest BCUT2D eigenvalue weighted by atomic mass is 35.5. The minimum Gasteiger partial charge on any atom is -0.381 e. The van der Waals surface area contributed by atoms with E-state index in [2.05, 4.69) is 19.2 Å². The number of nitrogens with two attached hydrogens (primary N) is 1. The molecule has 5 nitrogen and oxygen atoms in total. The molecule has 2 heterocycles. The van der Waals surface area contributed by atoms with Crippen molar-refractivity contribution >= 4 is 18.3 Å². The summed E-state index contributed by atoms with van der Waals surface area (Å²) in [7, 11) is 0. The topological polar surface area (TPSA) is 73.6 Å². The Morgan fingerprint density at radius 1 is 1.29 bits per heavy atom. The second-order valence-electron chi connectivity index (χ2n) is 7.11. The number of halogens is 1. The van der Waals surface area contributed by atoms with Gasteiger partial charge in [-0.3, -0.25) is 4.79 Å². The molecule has 3 aliphatic rings. The van der Waals surface area contributed by atoms with Crippen molar-refractivity contribution in [3.05, 3.63) is 0 Å². The standard InChI is InChI=1S/C15H26N2O3.ClH/c1-14(2)11(10-3-6-20-12(10)14)17-13(18)15(9-16)4-7-19-8-5-15;/h10-12H,3-9,16H2,1-2H3,(H,17,18);1H. The Morgan fingerprint density at radius 2 is 1.95 bits per heavy atom. The van der Waals surface area contributed by atoms with Gasteiger partial charge in [-0.25, -0.2) is 0 Å². The van der Waals surface area contributed by atoms with E-state index in [0.717, 1.165) is 25.9 Å². The Morgan fingerprint density at radius 3 is 2.57 bits per heavy atom. The van der Waals surface area contributed by atoms with Crippen molar-refractivity contribution in [2.24, 2.45) is 22.5 Å². The first-order valence-electron chi connectivity index (χ1n) is 7.72. The molecule has 1 amide bonds. The molecule has 3 N–H and O–H groups in total. The molecule has 2 saturated heterocycles. The lowest BCUT2D eigenvalue weighted by Gasteiger charge is -2.55. The molecule has 0 aromatic rings. The van der Waals surface area contributed by atoms with Gasteiger partial charge in [-0.1, -0.05) is 13.8 Å². The van der Waals surface area contributed by atoms with Crippen LogP contribution in [0.5, 0.6) is 0 Å². The SMILES string of the molecule is CC1(C)C(NC(=O)C2(CN)CCOCC2)C2CCOC21.Cl. The third kappa shape index (κ3) is 2.58. The molecule has 3 unspecified atom stereocenters. The molecule has 0 aromatic carbocycles. The van der Waals surface area contributed by atoms with Gasteiger partial charge in [0.25, 0.3) is 0 Å². The summed E-state index contributed by atoms with van der Waals surface area (Å²) in [4.78, 5) is 12.7. The molecule has 21 heavy (non-hydrogen) atoms. The van der Waals surface area contributed by atoms with Crippen LogP contribution in [0.3, 0.4) is 0 Å². The third-order valence-electron chi connectivity index (χ3n) is 5.71. The van der Waals surface area contributed by atoms with Crippen LogP contribution in [0.25, 0.3) is 0 Å². The number of hydrogen-bond acceptors (Lipinski definition) is 4. The van der Waals surface area contributed by atoms with Crippen LogP contribution in [0.4, 0.5) is 0 Å². The Kier molecular flexibility index (Phi) is 4.88. The Bertz CT molecular complexity index is 396. The zero-order valence-electron chi connectivity index (χ0n) is 12.9. The highest BCUT2D eigenvalue weighted by Crippen LogP contribution is 2.52. The average Bonchev–Trinajstić information content (AvgIpc) is 2.92. The predicted octanol–water partition coefficient (Wildman–Crippen LogP) is 1.09. The molecular weight excluding hydrogens is 292 g/mol. The quantitative estimate of drug-likeness (QED) is 0.817. The lowest BCUT2D eigenvalue weighted by atomic mass is 9.57. The van der Waals surface area contributed by atoms with Crippen molar-refractivity contribution in [3.8, 4) is 0 Å². The molecule has 3 rings (SSSR count). The van der Waals surface area contributed by atoms with Crippen LogP contribution in [-0.2, 0) is 14.3 Å². The zero-order chi connectivity index (χ0) is 14.4. The van der Waals surface area contributed by atoms with E-state index in [-0.39, 0.29) is 29.8 Å². The van der Waals surface area contributed by atoms with Crippen LogP contribution in [0.2, 0.25) is 0 Å². The van der Waals surface area contributed by atoms with E-state index in [0.29, 0.717) is 31.8 Å². The van der Waals surface area contributed by atoms with Gasteiger partial charge in [0, 0.05) is 43.7 Å². The summed E-state index contributed by atoms with van der Waals surface area (Å²) in [5.74, 6) is 0.593. The number of hydrogen-bond donors (Lipinski definition) is 2. The average molecular weight is 319 g/mol. The summed E-state index contributed by atoms with van der Waals surface area (Å²) in [6.45, 7) is 6.86. The summed E-state index contributed by atoms with van der Waals surface area (Å²) in [6, 6.07) is 0.216. The summed E-state index contributed by atoms with van der Waals surface area (Å²) >= 11 is 0. The Balaban J connectivity index is 0.00000161. The number of ether oxygens (including phenoxy) is 2. The minimum absolute atomic E-state index is 0. The first kappa shape index (κ1) is 17.0. The van der Waals surface area contributed by atoms with Crippen molar-refractivity contribution in [2.75, 3.05) is 26.4 Å². The van der Waals surface area contributed by atoms with Crippen LogP contribution in [0, 0.1) is 16.7 Å². The molecule has 0 bridgehead atoms. The lowest BCUT2D eigenvalue weighted by molar-refractivity contribution is -0.149. The highest BCUT2D eigenvalue weighted by Gasteiger charge is 2.60. The monoisotopic (exact) mass is 318 g/mol. The van der Waals surface area contributed by atoms with Crippen LogP contribution in [0.15, 0.2) is 0 Å². The maximum atomic E-state index is 12.7. The smallest absolute Gasteiger partial charge is 0.227 e. The zero-order valence-corrected chi connectivity index (χ0v) is 13.7. The third-order valence-corrected chi connectivity index (χ3v) is 5.71. The molecule has 0 spiro atoms. The Hall–Kier alpha value is -0.360. The van der Waals surface area contributed by atoms with E-state index in [9.17, 15) is 4.79 Å². The fraction of sp³-hybridized carbons (Fsp3) is 0.933. The van der Waals surface area contributed by atoms with E-state index in [4.69, 9.17) is 15.2 Å². The lowest BCUT2D eigenvalue weighted by Crippen LogP contribution is -2.68. The first-order chi connectivity index (χ1) is 9.51. The molecule has 6 heteroatoms. The van der Waals surface area contributed by atoms with E-state index in [1.807, 2.05) is 0 Å². The fourth-order valence-electron chi connectivity index (χ4n) is 4.20. The Labute approximate surface area is 132 Å². The highest BCUT2D eigenvalue weighted by molar-refractivity contribution is 5.85. The number of amides is 1. The summed E-state index contributed by atoms with van der Waals surface area (Å²) in [6.07, 6.45) is 2.81. The van der Waals surface area contributed by atoms with Gasteiger partial charge in [0.1, 0.15) is 0 Å². The second-order valence-corrected chi connectivity index (χ2v) is 7.11. The van der Waals surface area contributed by atoms with Crippen LogP contribution < -0.4 is 11.1 Å². The largest absolute Gasteiger partial charge is 0.381 e. The van der Waals surface area contributed by atoms with Crippen LogP contribution in [0.1, 0.15) is 33.1 Å². The second kappa shape index (κ2) is 6.03. The van der Waals surface area contributed by atoms with Crippen molar-refractivity contribution in [1.82, 2.24) is 5.32 Å². The van der Waals surface area contributed by atoms with E-state index >= 15 is 0 Å². The van der Waals surface area contributed by atoms with E-state index in [1.165, 1.54) is 0 Å². The van der Waals surface area contributed by atoms with Gasteiger partial charge in [-0.15, -0.1) is 12.4 Å². The van der Waals surface area contributed by atoms with Crippen molar-refractivity contribution in [1.29, 1.82) is 0 Å². The van der Waals surface area contributed by atoms with Gasteiger partial charge >= 0.3 is 0 Å². The molecule has 0 radical (unpaired) electrons. The molecular formula is C15H27ClN2O3. The molecule has 122 valence electrons. The maximum Gasteiger partial charge on any atom is 0.227 e. The minimum atomic E-state index is -0.432. The number of carbonyl (C=O) groups excluding carboxylic acids is 1. The normalized spacial score (nSPS) is 36.0. The molecule has 2 aliphatic heterocycles. The first-order valence-corrected chi connectivity index (χ1v) is 7.72. The fourth-order valence-corrected chi connectivity index (χ4v) is 4.20. The van der Waals surface area contributed by atoms with Gasteiger partial charge in [0.15, 0.2) is 0 Å².